The van der Waals surface area contributed by atoms with Crippen LogP contribution >= 0.6 is 0 Å². The Hall–Kier alpha value is -3.12. The summed E-state index contributed by atoms with van der Waals surface area (Å²) >= 11 is 0. The van der Waals surface area contributed by atoms with Gasteiger partial charge in [-0.25, -0.2) is 13.2 Å². The molecule has 0 aliphatic carbocycles. The van der Waals surface area contributed by atoms with Gasteiger partial charge in [0, 0.05) is 0 Å². The van der Waals surface area contributed by atoms with E-state index >= 15 is 0 Å². The molecular formula is C19H15NO4S. The molecule has 0 saturated carbocycles. The number of aromatic carboxylic acids is 1. The smallest absolute Gasteiger partial charge is 0.337 e. The second-order valence-corrected chi connectivity index (χ2v) is 6.98. The van der Waals surface area contributed by atoms with Gasteiger partial charge in [-0.1, -0.05) is 54.6 Å². The minimum atomic E-state index is -3.85. The van der Waals surface area contributed by atoms with Crippen LogP contribution in [0.3, 0.4) is 0 Å². The van der Waals surface area contributed by atoms with Crippen molar-refractivity contribution in [2.45, 2.75) is 0 Å². The van der Waals surface area contributed by atoms with Gasteiger partial charge >= 0.3 is 5.97 Å². The summed E-state index contributed by atoms with van der Waals surface area (Å²) in [6.07, 6.45) is 1.45. The summed E-state index contributed by atoms with van der Waals surface area (Å²) in [4.78, 5) is 11.5. The molecule has 3 aromatic carbocycles. The van der Waals surface area contributed by atoms with Crippen LogP contribution in [0.4, 0.5) is 5.69 Å². The molecule has 6 heteroatoms. The molecular weight excluding hydrogens is 338 g/mol. The number of hydrogen-bond donors (Lipinski definition) is 2. The Labute approximate surface area is 145 Å². The lowest BCUT2D eigenvalue weighted by Crippen LogP contribution is -2.12. The maximum atomic E-state index is 12.3. The fourth-order valence-corrected chi connectivity index (χ4v) is 3.30. The molecule has 0 radical (unpaired) electrons. The van der Waals surface area contributed by atoms with Crippen LogP contribution in [-0.4, -0.2) is 19.5 Å². The third kappa shape index (κ3) is 4.05. The van der Waals surface area contributed by atoms with Crippen LogP contribution in [0, 0.1) is 0 Å². The molecule has 0 aromatic heterocycles. The van der Waals surface area contributed by atoms with E-state index in [9.17, 15) is 18.3 Å². The van der Waals surface area contributed by atoms with E-state index in [2.05, 4.69) is 4.72 Å². The van der Waals surface area contributed by atoms with Crippen LogP contribution in [0.5, 0.6) is 0 Å². The van der Waals surface area contributed by atoms with Crippen molar-refractivity contribution in [1.29, 1.82) is 0 Å². The highest BCUT2D eigenvalue weighted by Gasteiger charge is 2.15. The van der Waals surface area contributed by atoms with Gasteiger partial charge in [0.1, 0.15) is 0 Å². The SMILES string of the molecule is O=C(O)c1cc2ccccc2cc1NS(=O)(=O)C=Cc1ccccc1. The molecule has 5 nitrogen and oxygen atoms in total. The molecule has 25 heavy (non-hydrogen) atoms. The number of carbonyl (C=O) groups is 1. The van der Waals surface area contributed by atoms with Gasteiger partial charge in [0.2, 0.25) is 0 Å². The van der Waals surface area contributed by atoms with Crippen LogP contribution in [0.25, 0.3) is 16.8 Å². The monoisotopic (exact) mass is 353 g/mol. The summed E-state index contributed by atoms with van der Waals surface area (Å²) in [5.74, 6) is -1.20. The Morgan fingerprint density at radius 1 is 0.920 bits per heavy atom. The maximum Gasteiger partial charge on any atom is 0.337 e. The Bertz CT molecular complexity index is 1060. The number of rotatable bonds is 5. The van der Waals surface area contributed by atoms with Gasteiger partial charge in [-0.3, -0.25) is 4.72 Å². The molecule has 0 aliphatic rings. The van der Waals surface area contributed by atoms with E-state index in [0.717, 1.165) is 21.7 Å². The highest BCUT2D eigenvalue weighted by atomic mass is 32.2. The third-order valence-electron chi connectivity index (χ3n) is 3.61. The molecule has 0 spiro atoms. The number of benzene rings is 3. The molecule has 0 unspecified atom stereocenters. The van der Waals surface area contributed by atoms with Crippen molar-refractivity contribution < 1.29 is 18.3 Å². The minimum absolute atomic E-state index is 0.0314. The van der Waals surface area contributed by atoms with Gasteiger partial charge in [0.05, 0.1) is 16.7 Å². The minimum Gasteiger partial charge on any atom is -0.478 e. The van der Waals surface area contributed by atoms with E-state index in [1.54, 1.807) is 48.5 Å². The zero-order valence-electron chi connectivity index (χ0n) is 13.1. The normalized spacial score (nSPS) is 11.7. The van der Waals surface area contributed by atoms with Crippen molar-refractivity contribution in [2.24, 2.45) is 0 Å². The van der Waals surface area contributed by atoms with Crippen molar-refractivity contribution in [2.75, 3.05) is 4.72 Å². The molecule has 0 heterocycles. The predicted molar refractivity (Wildman–Crippen MR) is 98.9 cm³/mol. The number of carboxylic acids is 1. The third-order valence-corrected chi connectivity index (χ3v) is 4.61. The van der Waals surface area contributed by atoms with E-state index in [0.29, 0.717) is 0 Å². The number of sulfonamides is 1. The van der Waals surface area contributed by atoms with Gasteiger partial charge in [-0.2, -0.15) is 0 Å². The zero-order valence-corrected chi connectivity index (χ0v) is 13.9. The van der Waals surface area contributed by atoms with E-state index in [1.165, 1.54) is 18.2 Å². The summed E-state index contributed by atoms with van der Waals surface area (Å²) in [5.41, 5.74) is 0.657. The molecule has 3 aromatic rings. The predicted octanol–water partition coefficient (Wildman–Crippen LogP) is 3.95. The van der Waals surface area contributed by atoms with Crippen LogP contribution < -0.4 is 4.72 Å². The lowest BCUT2D eigenvalue weighted by molar-refractivity contribution is 0.0698. The molecule has 126 valence electrons. The second kappa shape index (κ2) is 6.78. The molecule has 3 rings (SSSR count). The van der Waals surface area contributed by atoms with Crippen LogP contribution in [-0.2, 0) is 10.0 Å². The molecule has 0 atom stereocenters. The average Bonchev–Trinajstić information content (AvgIpc) is 2.60. The maximum absolute atomic E-state index is 12.3. The Morgan fingerprint density at radius 2 is 1.52 bits per heavy atom. The van der Waals surface area contributed by atoms with Gasteiger partial charge in [-0.05, 0) is 34.5 Å². The Morgan fingerprint density at radius 3 is 2.16 bits per heavy atom. The van der Waals surface area contributed by atoms with Gasteiger partial charge in [0.15, 0.2) is 0 Å². The quantitative estimate of drug-likeness (QED) is 0.727. The van der Waals surface area contributed by atoms with Crippen molar-refractivity contribution in [3.05, 3.63) is 83.3 Å². The summed E-state index contributed by atoms with van der Waals surface area (Å²) in [7, 11) is -3.85. The highest BCUT2D eigenvalue weighted by molar-refractivity contribution is 7.95. The van der Waals surface area contributed by atoms with Crippen molar-refractivity contribution in [3.8, 4) is 0 Å². The lowest BCUT2D eigenvalue weighted by Gasteiger charge is -2.10. The van der Waals surface area contributed by atoms with E-state index < -0.39 is 16.0 Å². The molecule has 2 N–H and O–H groups in total. The van der Waals surface area contributed by atoms with Gasteiger partial charge in [-0.15, -0.1) is 0 Å². The first-order valence-corrected chi connectivity index (χ1v) is 9.01. The zero-order chi connectivity index (χ0) is 17.9. The first kappa shape index (κ1) is 16.7. The molecule has 0 amide bonds. The standard InChI is InChI=1S/C19H15NO4S/c21-19(22)17-12-15-8-4-5-9-16(15)13-18(17)20-25(23,24)11-10-14-6-2-1-3-7-14/h1-13,20H,(H,21,22). The number of fused-ring (bicyclic) bond motifs is 1. The highest BCUT2D eigenvalue weighted by Crippen LogP contribution is 2.25. The molecule has 0 bridgehead atoms. The van der Waals surface area contributed by atoms with Crippen LogP contribution in [0.15, 0.2) is 72.1 Å². The number of nitrogens with one attached hydrogen (secondary N) is 1. The van der Waals surface area contributed by atoms with E-state index in [4.69, 9.17) is 0 Å². The Kier molecular flexibility index (Phi) is 4.54. The summed E-state index contributed by atoms with van der Waals surface area (Å²) in [6, 6.07) is 19.1. The van der Waals surface area contributed by atoms with Crippen LogP contribution in [0.2, 0.25) is 0 Å². The molecule has 0 fully saturated rings. The number of hydrogen-bond acceptors (Lipinski definition) is 3. The first-order valence-electron chi connectivity index (χ1n) is 7.47. The molecule has 0 saturated heterocycles. The van der Waals surface area contributed by atoms with Crippen LogP contribution in [0.1, 0.15) is 15.9 Å². The van der Waals surface area contributed by atoms with Crippen molar-refractivity contribution in [1.82, 2.24) is 0 Å². The van der Waals surface area contributed by atoms with E-state index in [1.807, 2.05) is 6.07 Å². The fourth-order valence-electron chi connectivity index (χ4n) is 2.42. The van der Waals surface area contributed by atoms with Gasteiger partial charge < -0.3 is 5.11 Å². The average molecular weight is 353 g/mol. The van der Waals surface area contributed by atoms with E-state index in [-0.39, 0.29) is 11.3 Å². The van der Waals surface area contributed by atoms with Gasteiger partial charge in [0.25, 0.3) is 10.0 Å². The largest absolute Gasteiger partial charge is 0.478 e. The summed E-state index contributed by atoms with van der Waals surface area (Å²) in [5, 5.41) is 11.9. The van der Waals surface area contributed by atoms with Crippen molar-refractivity contribution in [3.63, 3.8) is 0 Å². The Balaban J connectivity index is 1.97. The lowest BCUT2D eigenvalue weighted by atomic mass is 10.1. The summed E-state index contributed by atoms with van der Waals surface area (Å²) < 4.78 is 26.9. The first-order chi connectivity index (χ1) is 11.9. The second-order valence-electron chi connectivity index (χ2n) is 5.41. The van der Waals surface area contributed by atoms with Crippen molar-refractivity contribution >= 4 is 38.5 Å². The number of carboxylic acid groups (broad SMARTS) is 1. The molecule has 0 aliphatic heterocycles. The number of anilines is 1. The topological polar surface area (TPSA) is 83.5 Å². The summed E-state index contributed by atoms with van der Waals surface area (Å²) in [6.45, 7) is 0. The fraction of sp³-hybridized carbons (Fsp3) is 0.